The lowest BCUT2D eigenvalue weighted by atomic mass is 9.77. The Labute approximate surface area is 149 Å². The van der Waals surface area contributed by atoms with Crippen molar-refractivity contribution in [2.45, 2.75) is 51.1 Å². The van der Waals surface area contributed by atoms with Crippen LogP contribution in [0.4, 0.5) is 5.82 Å². The number of hydrazine groups is 1. The molecule has 136 valence electrons. The summed E-state index contributed by atoms with van der Waals surface area (Å²) in [5.41, 5.74) is 7.59. The van der Waals surface area contributed by atoms with Crippen LogP contribution in [0.5, 0.6) is 0 Å². The molecule has 3 aliphatic rings. The molecule has 1 aromatic heterocycles. The number of nitrogens with zero attached hydrogens (tertiary/aromatic N) is 2. The van der Waals surface area contributed by atoms with Crippen LogP contribution in [0.25, 0.3) is 0 Å². The smallest absolute Gasteiger partial charge is 0.225 e. The molecule has 2 aliphatic heterocycles. The van der Waals surface area contributed by atoms with Gasteiger partial charge in [-0.25, -0.2) is 4.98 Å². The first kappa shape index (κ1) is 16.8. The Balaban J connectivity index is 1.31. The van der Waals surface area contributed by atoms with Gasteiger partial charge in [0.1, 0.15) is 5.82 Å². The summed E-state index contributed by atoms with van der Waals surface area (Å²) < 4.78 is 0. The fraction of sp³-hybridized carbons (Fsp3) is 0.684. The molecule has 3 N–H and O–H groups in total. The summed E-state index contributed by atoms with van der Waals surface area (Å²) in [6, 6.07) is 4.47. The summed E-state index contributed by atoms with van der Waals surface area (Å²) in [7, 11) is 0. The molecule has 3 fully saturated rings. The number of rotatable bonds is 4. The lowest BCUT2D eigenvalue weighted by Crippen LogP contribution is -2.47. The highest BCUT2D eigenvalue weighted by Crippen LogP contribution is 2.31. The fourth-order valence-corrected chi connectivity index (χ4v) is 4.49. The maximum absolute atomic E-state index is 12.6. The van der Waals surface area contributed by atoms with Crippen LogP contribution in [0.3, 0.4) is 0 Å². The van der Waals surface area contributed by atoms with Crippen LogP contribution in [0.2, 0.25) is 0 Å². The van der Waals surface area contributed by atoms with Crippen LogP contribution in [0.15, 0.2) is 18.3 Å². The number of hydrogen-bond donors (Lipinski definition) is 3. The summed E-state index contributed by atoms with van der Waals surface area (Å²) >= 11 is 0. The van der Waals surface area contributed by atoms with Crippen molar-refractivity contribution in [3.8, 4) is 0 Å². The number of anilines is 1. The minimum absolute atomic E-state index is 0.0781. The third kappa shape index (κ3) is 3.80. The van der Waals surface area contributed by atoms with E-state index in [1.54, 1.807) is 0 Å². The van der Waals surface area contributed by atoms with Crippen LogP contribution in [-0.4, -0.2) is 36.6 Å². The zero-order valence-corrected chi connectivity index (χ0v) is 14.8. The normalized spacial score (nSPS) is 29.3. The van der Waals surface area contributed by atoms with E-state index in [0.29, 0.717) is 12.5 Å². The van der Waals surface area contributed by atoms with E-state index in [0.717, 1.165) is 43.9 Å². The molecule has 25 heavy (non-hydrogen) atoms. The molecule has 0 aromatic carbocycles. The number of aromatic nitrogens is 1. The van der Waals surface area contributed by atoms with Gasteiger partial charge in [-0.2, -0.15) is 0 Å². The highest BCUT2D eigenvalue weighted by Gasteiger charge is 2.39. The summed E-state index contributed by atoms with van der Waals surface area (Å²) in [4.78, 5) is 19.6. The Bertz CT molecular complexity index is 584. The zero-order chi connectivity index (χ0) is 17.1. The maximum Gasteiger partial charge on any atom is 0.225 e. The van der Waals surface area contributed by atoms with Gasteiger partial charge in [0.15, 0.2) is 0 Å². The first-order chi connectivity index (χ1) is 12.3. The van der Waals surface area contributed by atoms with Crippen LogP contribution < -0.4 is 21.1 Å². The Morgan fingerprint density at radius 3 is 2.88 bits per heavy atom. The third-order valence-corrected chi connectivity index (χ3v) is 5.96. The highest BCUT2D eigenvalue weighted by atomic mass is 16.1. The molecule has 0 spiro atoms. The molecular formula is C19H29N5O. The van der Waals surface area contributed by atoms with Crippen molar-refractivity contribution in [1.82, 2.24) is 21.2 Å². The maximum atomic E-state index is 12.6. The van der Waals surface area contributed by atoms with E-state index in [-0.39, 0.29) is 17.9 Å². The summed E-state index contributed by atoms with van der Waals surface area (Å²) in [5, 5.41) is 3.12. The Hall–Kier alpha value is -1.66. The van der Waals surface area contributed by atoms with E-state index in [2.05, 4.69) is 38.2 Å². The molecule has 1 aromatic rings. The number of carbonyl (C=O) groups is 1. The molecular weight excluding hydrogens is 314 g/mol. The van der Waals surface area contributed by atoms with E-state index in [9.17, 15) is 4.79 Å². The van der Waals surface area contributed by atoms with Gasteiger partial charge in [0.05, 0.1) is 5.92 Å². The molecule has 6 nitrogen and oxygen atoms in total. The summed E-state index contributed by atoms with van der Waals surface area (Å²) in [6.45, 7) is 3.76. The predicted octanol–water partition coefficient (Wildman–Crippen LogP) is 1.58. The van der Waals surface area contributed by atoms with Crippen molar-refractivity contribution in [3.63, 3.8) is 0 Å². The molecule has 0 radical (unpaired) electrons. The van der Waals surface area contributed by atoms with Crippen LogP contribution in [-0.2, 0) is 11.3 Å². The van der Waals surface area contributed by atoms with Gasteiger partial charge in [0, 0.05) is 38.4 Å². The van der Waals surface area contributed by atoms with Crippen molar-refractivity contribution in [2.24, 2.45) is 11.8 Å². The predicted molar refractivity (Wildman–Crippen MR) is 97.9 cm³/mol. The summed E-state index contributed by atoms with van der Waals surface area (Å²) in [6.07, 6.45) is 9.09. The molecule has 1 saturated carbocycles. The Morgan fingerprint density at radius 1 is 1.20 bits per heavy atom. The number of pyridine rings is 1. The van der Waals surface area contributed by atoms with Gasteiger partial charge < -0.3 is 10.2 Å². The molecule has 3 heterocycles. The first-order valence-corrected chi connectivity index (χ1v) is 9.77. The van der Waals surface area contributed by atoms with Crippen molar-refractivity contribution in [2.75, 3.05) is 24.5 Å². The Morgan fingerprint density at radius 2 is 2.08 bits per heavy atom. The molecule has 1 aliphatic carbocycles. The van der Waals surface area contributed by atoms with Crippen LogP contribution >= 0.6 is 0 Å². The van der Waals surface area contributed by atoms with Gasteiger partial charge in [-0.05, 0) is 49.7 Å². The van der Waals surface area contributed by atoms with Crippen LogP contribution in [0, 0.1) is 11.8 Å². The minimum Gasteiger partial charge on any atom is -0.357 e. The van der Waals surface area contributed by atoms with E-state index < -0.39 is 0 Å². The van der Waals surface area contributed by atoms with Gasteiger partial charge in [0.2, 0.25) is 5.91 Å². The lowest BCUT2D eigenvalue weighted by Gasteiger charge is -2.31. The standard InChI is InChI=1S/C19H29N5O/c25-19(16-6-4-5-15-13-22-23-18(15)16)21-12-14-7-8-17(20-11-14)24-9-2-1-3-10-24/h7-8,11,15-16,18,22-23H,1-6,9-10,12-13H2,(H,21,25). The number of nitrogens with one attached hydrogen (secondary N) is 3. The SMILES string of the molecule is O=C(NCc1ccc(N2CCCCC2)nc1)C1CCCC2CNNC21. The van der Waals surface area contributed by atoms with Gasteiger partial charge in [-0.15, -0.1) is 0 Å². The van der Waals surface area contributed by atoms with E-state index >= 15 is 0 Å². The average molecular weight is 343 g/mol. The highest BCUT2D eigenvalue weighted by molar-refractivity contribution is 5.79. The molecule has 3 atom stereocenters. The molecule has 1 amide bonds. The minimum atomic E-state index is 0.0781. The second-order valence-corrected chi connectivity index (χ2v) is 7.64. The monoisotopic (exact) mass is 343 g/mol. The van der Waals surface area contributed by atoms with E-state index in [1.807, 2.05) is 6.20 Å². The van der Waals surface area contributed by atoms with Crippen molar-refractivity contribution >= 4 is 11.7 Å². The Kier molecular flexibility index (Phi) is 5.17. The van der Waals surface area contributed by atoms with Gasteiger partial charge in [-0.3, -0.25) is 15.6 Å². The number of fused-ring (bicyclic) bond motifs is 1. The van der Waals surface area contributed by atoms with Crippen molar-refractivity contribution in [3.05, 3.63) is 23.9 Å². The van der Waals surface area contributed by atoms with Crippen molar-refractivity contribution < 1.29 is 4.79 Å². The molecule has 3 unspecified atom stereocenters. The number of piperidine rings is 1. The topological polar surface area (TPSA) is 69.3 Å². The second kappa shape index (κ2) is 7.70. The van der Waals surface area contributed by atoms with Gasteiger partial charge >= 0.3 is 0 Å². The second-order valence-electron chi connectivity index (χ2n) is 7.64. The van der Waals surface area contributed by atoms with E-state index in [4.69, 9.17) is 0 Å². The number of carbonyl (C=O) groups excluding carboxylic acids is 1. The lowest BCUT2D eigenvalue weighted by molar-refractivity contribution is -0.127. The molecule has 6 heteroatoms. The number of hydrogen-bond acceptors (Lipinski definition) is 5. The van der Waals surface area contributed by atoms with Gasteiger partial charge in [-0.1, -0.05) is 12.5 Å². The van der Waals surface area contributed by atoms with E-state index in [1.165, 1.54) is 25.7 Å². The zero-order valence-electron chi connectivity index (χ0n) is 14.8. The molecule has 2 saturated heterocycles. The molecule has 0 bridgehead atoms. The number of amides is 1. The first-order valence-electron chi connectivity index (χ1n) is 9.77. The van der Waals surface area contributed by atoms with Gasteiger partial charge in [0.25, 0.3) is 0 Å². The quantitative estimate of drug-likeness (QED) is 0.774. The van der Waals surface area contributed by atoms with Crippen molar-refractivity contribution in [1.29, 1.82) is 0 Å². The summed E-state index contributed by atoms with van der Waals surface area (Å²) in [5.74, 6) is 1.90. The van der Waals surface area contributed by atoms with Crippen LogP contribution in [0.1, 0.15) is 44.1 Å². The average Bonchev–Trinajstić information content (AvgIpc) is 3.16. The third-order valence-electron chi connectivity index (χ3n) is 5.96. The fourth-order valence-electron chi connectivity index (χ4n) is 4.49. The molecule has 4 rings (SSSR count). The largest absolute Gasteiger partial charge is 0.357 e.